The van der Waals surface area contributed by atoms with Gasteiger partial charge in [-0.2, -0.15) is 0 Å². The van der Waals surface area contributed by atoms with Crippen LogP contribution < -0.4 is 14.8 Å². The van der Waals surface area contributed by atoms with Crippen LogP contribution in [0.1, 0.15) is 24.4 Å². The first-order valence-corrected chi connectivity index (χ1v) is 8.17. The molecule has 0 saturated heterocycles. The summed E-state index contributed by atoms with van der Waals surface area (Å²) in [6.07, 6.45) is 2.96. The molecule has 1 heterocycles. The van der Waals surface area contributed by atoms with E-state index in [1.807, 2.05) is 49.4 Å². The van der Waals surface area contributed by atoms with Crippen molar-refractivity contribution in [3.05, 3.63) is 60.0 Å². The number of nitrogens with one attached hydrogen (secondary N) is 1. The fraction of sp³-hybridized carbons (Fsp3) is 0.200. The Bertz CT molecular complexity index is 913. The maximum absolute atomic E-state index is 12.2. The van der Waals surface area contributed by atoms with Crippen LogP contribution in [0.2, 0.25) is 0 Å². The molecule has 1 amide bonds. The number of fused-ring (bicyclic) bond motifs is 1. The highest BCUT2D eigenvalue weighted by Crippen LogP contribution is 2.29. The molecule has 1 unspecified atom stereocenters. The fourth-order valence-electron chi connectivity index (χ4n) is 2.58. The van der Waals surface area contributed by atoms with Crippen molar-refractivity contribution in [2.45, 2.75) is 13.0 Å². The van der Waals surface area contributed by atoms with E-state index in [-0.39, 0.29) is 11.9 Å². The molecule has 3 rings (SSSR count). The molecule has 0 radical (unpaired) electrons. The summed E-state index contributed by atoms with van der Waals surface area (Å²) in [5.41, 5.74) is 2.35. The first-order chi connectivity index (χ1) is 12.6. The molecule has 6 nitrogen and oxygen atoms in total. The summed E-state index contributed by atoms with van der Waals surface area (Å²) < 4.78 is 16.1. The molecule has 0 fully saturated rings. The molecular formula is C20H20N2O4. The van der Waals surface area contributed by atoms with Crippen LogP contribution in [-0.2, 0) is 4.79 Å². The molecule has 3 aromatic rings. The Labute approximate surface area is 151 Å². The van der Waals surface area contributed by atoms with Gasteiger partial charge < -0.3 is 19.2 Å². The van der Waals surface area contributed by atoms with Crippen molar-refractivity contribution in [3.8, 4) is 11.5 Å². The van der Waals surface area contributed by atoms with Crippen LogP contribution in [-0.4, -0.2) is 25.1 Å². The van der Waals surface area contributed by atoms with Crippen molar-refractivity contribution < 1.29 is 18.7 Å². The first kappa shape index (κ1) is 17.5. The van der Waals surface area contributed by atoms with E-state index in [0.717, 1.165) is 11.1 Å². The molecular weight excluding hydrogens is 332 g/mol. The topological polar surface area (TPSA) is 73.6 Å². The average molecular weight is 352 g/mol. The predicted molar refractivity (Wildman–Crippen MR) is 99.1 cm³/mol. The van der Waals surface area contributed by atoms with Crippen molar-refractivity contribution in [2.24, 2.45) is 0 Å². The van der Waals surface area contributed by atoms with Gasteiger partial charge in [0.15, 0.2) is 17.1 Å². The van der Waals surface area contributed by atoms with Gasteiger partial charge in [0.25, 0.3) is 0 Å². The average Bonchev–Trinajstić information content (AvgIpc) is 3.08. The Kier molecular flexibility index (Phi) is 5.22. The Morgan fingerprint density at radius 3 is 2.65 bits per heavy atom. The second kappa shape index (κ2) is 7.74. The highest BCUT2D eigenvalue weighted by molar-refractivity contribution is 5.91. The lowest BCUT2D eigenvalue weighted by Crippen LogP contribution is -2.24. The number of carbonyl (C=O) groups excluding carboxylic acids is 1. The summed E-state index contributed by atoms with van der Waals surface area (Å²) >= 11 is 0. The second-order valence-corrected chi connectivity index (χ2v) is 5.70. The Balaban J connectivity index is 1.67. The van der Waals surface area contributed by atoms with E-state index in [0.29, 0.717) is 23.0 Å². The number of oxazole rings is 1. The lowest BCUT2D eigenvalue weighted by Gasteiger charge is -2.15. The number of aromatic nitrogens is 1. The normalized spacial score (nSPS) is 12.3. The number of ether oxygens (including phenoxy) is 2. The molecule has 6 heteroatoms. The maximum Gasteiger partial charge on any atom is 0.244 e. The van der Waals surface area contributed by atoms with Crippen LogP contribution in [0.15, 0.2) is 53.0 Å². The van der Waals surface area contributed by atoms with E-state index in [9.17, 15) is 4.79 Å². The summed E-state index contributed by atoms with van der Waals surface area (Å²) in [7, 11) is 3.16. The minimum absolute atomic E-state index is 0.199. The van der Waals surface area contributed by atoms with Gasteiger partial charge in [-0.3, -0.25) is 4.79 Å². The molecule has 0 aliphatic rings. The van der Waals surface area contributed by atoms with Gasteiger partial charge in [0.1, 0.15) is 5.52 Å². The van der Waals surface area contributed by atoms with E-state index in [4.69, 9.17) is 13.9 Å². The standard InChI is InChI=1S/C20H20N2O4/c1-13(14-8-9-17(24-2)18(12-14)25-3)21-19(23)10-11-20-22-15-6-4-5-7-16(15)26-20/h4-13H,1-3H3,(H,21,23)/b11-10+. The summed E-state index contributed by atoms with van der Waals surface area (Å²) in [5.74, 6) is 1.41. The molecule has 2 aromatic carbocycles. The quantitative estimate of drug-likeness (QED) is 0.684. The van der Waals surface area contributed by atoms with Crippen LogP contribution in [0.4, 0.5) is 0 Å². The number of carbonyl (C=O) groups is 1. The minimum atomic E-state index is -0.241. The number of hydrogen-bond donors (Lipinski definition) is 1. The van der Waals surface area contributed by atoms with E-state index >= 15 is 0 Å². The van der Waals surface area contributed by atoms with Crippen molar-refractivity contribution >= 4 is 23.1 Å². The molecule has 0 aliphatic carbocycles. The van der Waals surface area contributed by atoms with E-state index in [2.05, 4.69) is 10.3 Å². The van der Waals surface area contributed by atoms with Gasteiger partial charge in [-0.25, -0.2) is 4.98 Å². The molecule has 1 aromatic heterocycles. The third-order valence-electron chi connectivity index (χ3n) is 3.95. The summed E-state index contributed by atoms with van der Waals surface area (Å²) in [6.45, 7) is 1.90. The van der Waals surface area contributed by atoms with E-state index in [1.165, 1.54) is 6.08 Å². The first-order valence-electron chi connectivity index (χ1n) is 8.17. The number of para-hydroxylation sites is 2. The third-order valence-corrected chi connectivity index (χ3v) is 3.95. The van der Waals surface area contributed by atoms with Crippen LogP contribution in [0.25, 0.3) is 17.2 Å². The van der Waals surface area contributed by atoms with Gasteiger partial charge in [-0.15, -0.1) is 0 Å². The number of amides is 1. The lowest BCUT2D eigenvalue weighted by molar-refractivity contribution is -0.117. The van der Waals surface area contributed by atoms with Gasteiger partial charge in [0, 0.05) is 12.2 Å². The fourth-order valence-corrected chi connectivity index (χ4v) is 2.58. The second-order valence-electron chi connectivity index (χ2n) is 5.70. The summed E-state index contributed by atoms with van der Waals surface area (Å²) in [6, 6.07) is 12.8. The highest BCUT2D eigenvalue weighted by atomic mass is 16.5. The molecule has 0 aliphatic heterocycles. The van der Waals surface area contributed by atoms with Gasteiger partial charge in [-0.1, -0.05) is 18.2 Å². The Morgan fingerprint density at radius 1 is 1.15 bits per heavy atom. The molecule has 134 valence electrons. The number of benzene rings is 2. The Hall–Kier alpha value is -3.28. The maximum atomic E-state index is 12.2. The van der Waals surface area contributed by atoms with Gasteiger partial charge in [0.2, 0.25) is 11.8 Å². The van der Waals surface area contributed by atoms with E-state index in [1.54, 1.807) is 20.3 Å². The van der Waals surface area contributed by atoms with E-state index < -0.39 is 0 Å². The van der Waals surface area contributed by atoms with Crippen molar-refractivity contribution in [1.29, 1.82) is 0 Å². The monoisotopic (exact) mass is 352 g/mol. The number of hydrogen-bond acceptors (Lipinski definition) is 5. The molecule has 0 bridgehead atoms. The zero-order valence-electron chi connectivity index (χ0n) is 14.9. The van der Waals surface area contributed by atoms with Crippen molar-refractivity contribution in [2.75, 3.05) is 14.2 Å². The van der Waals surface area contributed by atoms with Gasteiger partial charge >= 0.3 is 0 Å². The number of rotatable bonds is 6. The third kappa shape index (κ3) is 3.85. The van der Waals surface area contributed by atoms with Crippen LogP contribution in [0, 0.1) is 0 Å². The molecule has 1 atom stereocenters. The minimum Gasteiger partial charge on any atom is -0.493 e. The Morgan fingerprint density at radius 2 is 1.92 bits per heavy atom. The van der Waals surface area contributed by atoms with Crippen LogP contribution >= 0.6 is 0 Å². The largest absolute Gasteiger partial charge is 0.493 e. The SMILES string of the molecule is COc1ccc(C(C)NC(=O)/C=C/c2nc3ccccc3o2)cc1OC. The van der Waals surface area contributed by atoms with Gasteiger partial charge in [-0.05, 0) is 36.8 Å². The van der Waals surface area contributed by atoms with Gasteiger partial charge in [0.05, 0.1) is 20.3 Å². The lowest BCUT2D eigenvalue weighted by atomic mass is 10.1. The molecule has 1 N–H and O–H groups in total. The number of methoxy groups -OCH3 is 2. The zero-order valence-corrected chi connectivity index (χ0v) is 14.9. The van der Waals surface area contributed by atoms with Crippen LogP contribution in [0.5, 0.6) is 11.5 Å². The van der Waals surface area contributed by atoms with Crippen LogP contribution in [0.3, 0.4) is 0 Å². The zero-order chi connectivity index (χ0) is 18.5. The smallest absolute Gasteiger partial charge is 0.244 e. The molecule has 0 saturated carbocycles. The number of nitrogens with zero attached hydrogens (tertiary/aromatic N) is 1. The summed E-state index contributed by atoms with van der Waals surface area (Å²) in [4.78, 5) is 16.5. The highest BCUT2D eigenvalue weighted by Gasteiger charge is 2.12. The molecule has 26 heavy (non-hydrogen) atoms. The predicted octanol–water partition coefficient (Wildman–Crippen LogP) is 3.74. The summed E-state index contributed by atoms with van der Waals surface area (Å²) in [5, 5.41) is 2.90. The van der Waals surface area contributed by atoms with Crippen molar-refractivity contribution in [1.82, 2.24) is 10.3 Å². The van der Waals surface area contributed by atoms with Crippen molar-refractivity contribution in [3.63, 3.8) is 0 Å². The molecule has 0 spiro atoms.